The summed E-state index contributed by atoms with van der Waals surface area (Å²) < 4.78 is 37.8. The largest absolute Gasteiger partial charge is 0.509 e. The molecule has 24 heteroatoms. The van der Waals surface area contributed by atoms with Crippen molar-refractivity contribution in [2.45, 2.75) is 170 Å². The van der Waals surface area contributed by atoms with Crippen LogP contribution in [0.25, 0.3) is 0 Å². The third kappa shape index (κ3) is 24.3. The van der Waals surface area contributed by atoms with Gasteiger partial charge in [0.2, 0.25) is 5.91 Å². The third-order valence-corrected chi connectivity index (χ3v) is 10.2. The lowest BCUT2D eigenvalue weighted by molar-refractivity contribution is -0.160. The molecule has 4 amide bonds. The summed E-state index contributed by atoms with van der Waals surface area (Å²) in [6, 6.07) is 0. The molecule has 0 unspecified atom stereocenters. The minimum absolute atomic E-state index is 0.174. The van der Waals surface area contributed by atoms with Crippen molar-refractivity contribution < 1.29 is 90.9 Å². The first-order chi connectivity index (χ1) is 32.2. The molecule has 0 radical (unpaired) electrons. The summed E-state index contributed by atoms with van der Waals surface area (Å²) in [5.41, 5.74) is -6.09. The van der Waals surface area contributed by atoms with E-state index in [1.54, 1.807) is 132 Å². The second kappa shape index (κ2) is 30.0. The maximum Gasteiger partial charge on any atom is 0.410 e. The summed E-state index contributed by atoms with van der Waals surface area (Å²) in [4.78, 5) is 118. The van der Waals surface area contributed by atoms with Gasteiger partial charge in [-0.2, -0.15) is 0 Å². The van der Waals surface area contributed by atoms with Crippen LogP contribution in [0.3, 0.4) is 0 Å². The SMILES string of the molecule is CCOC(=O)C1=C(O)C(C)(C)N(C)C1=O.CCOC(=O)CC(=O)N(C)C(C)(C)C(=O)OC.CNC(C)(C)C(=O)OC.COC(=O)C(C)(C)N(C)C(=O)OC(C)(C)C.COC(=O)C(C)(C)NC(=O)OC(C)(C)C. The van der Waals surface area contributed by atoms with Crippen LogP contribution in [-0.4, -0.2) is 188 Å². The lowest BCUT2D eigenvalue weighted by Crippen LogP contribution is -2.52. The Morgan fingerprint density at radius 1 is 0.611 bits per heavy atom. The Bertz CT molecular complexity index is 1910. The van der Waals surface area contributed by atoms with Crippen LogP contribution in [0.1, 0.15) is 131 Å². The summed E-state index contributed by atoms with van der Waals surface area (Å²) in [7, 11) is 11.4. The van der Waals surface area contributed by atoms with Crippen molar-refractivity contribution in [1.29, 1.82) is 0 Å². The van der Waals surface area contributed by atoms with Gasteiger partial charge in [0.05, 0.1) is 47.2 Å². The van der Waals surface area contributed by atoms with Gasteiger partial charge in [-0.1, -0.05) is 0 Å². The van der Waals surface area contributed by atoms with E-state index in [1.807, 2.05) is 0 Å². The van der Waals surface area contributed by atoms with Crippen LogP contribution in [0.2, 0.25) is 0 Å². The Balaban J connectivity index is -0.000000406. The fourth-order valence-corrected chi connectivity index (χ4v) is 4.69. The summed E-state index contributed by atoms with van der Waals surface area (Å²) in [6.45, 7) is 30.5. The summed E-state index contributed by atoms with van der Waals surface area (Å²) in [5.74, 6) is -4.39. The monoisotopic (exact) mass is 1040 g/mol. The minimum atomic E-state index is -1.11. The molecule has 418 valence electrons. The smallest absolute Gasteiger partial charge is 0.410 e. The van der Waals surface area contributed by atoms with Gasteiger partial charge in [-0.15, -0.1) is 0 Å². The highest BCUT2D eigenvalue weighted by molar-refractivity contribution is 6.19. The molecule has 3 N–H and O–H groups in total. The molecule has 1 rings (SSSR count). The molecule has 0 spiro atoms. The number of likely N-dealkylation sites (N-methyl/N-ethyl adjacent to an activating group) is 4. The number of nitrogens with one attached hydrogen (secondary N) is 2. The maximum atomic E-state index is 11.7. The van der Waals surface area contributed by atoms with Crippen molar-refractivity contribution in [1.82, 2.24) is 25.3 Å². The molecule has 0 aromatic rings. The number of ether oxygens (including phenoxy) is 8. The number of methoxy groups -OCH3 is 4. The first kappa shape index (κ1) is 72.3. The van der Waals surface area contributed by atoms with Gasteiger partial charge in [-0.3, -0.25) is 24.1 Å². The molecule has 0 aromatic carbocycles. The van der Waals surface area contributed by atoms with Crippen LogP contribution in [0.5, 0.6) is 0 Å². The van der Waals surface area contributed by atoms with Crippen molar-refractivity contribution in [3.63, 3.8) is 0 Å². The van der Waals surface area contributed by atoms with E-state index in [9.17, 15) is 53.1 Å². The van der Waals surface area contributed by atoms with E-state index in [0.717, 1.165) is 0 Å². The van der Waals surface area contributed by atoms with E-state index in [-0.39, 0.29) is 36.9 Å². The highest BCUT2D eigenvalue weighted by Crippen LogP contribution is 2.32. The van der Waals surface area contributed by atoms with Gasteiger partial charge in [-0.05, 0) is 132 Å². The second-order valence-corrected chi connectivity index (χ2v) is 20.1. The van der Waals surface area contributed by atoms with Gasteiger partial charge in [0.25, 0.3) is 5.91 Å². The van der Waals surface area contributed by atoms with Gasteiger partial charge < -0.3 is 63.4 Å². The van der Waals surface area contributed by atoms with E-state index < -0.39 is 92.7 Å². The van der Waals surface area contributed by atoms with Gasteiger partial charge in [0, 0.05) is 21.1 Å². The highest BCUT2D eigenvalue weighted by atomic mass is 16.6. The van der Waals surface area contributed by atoms with Gasteiger partial charge in [0.1, 0.15) is 45.5 Å². The number of hydrogen-bond donors (Lipinski definition) is 3. The Kier molecular flexibility index (Phi) is 30.1. The predicted molar refractivity (Wildman–Crippen MR) is 264 cm³/mol. The molecule has 0 atom stereocenters. The number of amides is 4. The average Bonchev–Trinajstić information content (AvgIpc) is 3.41. The first-order valence-electron chi connectivity index (χ1n) is 22.6. The van der Waals surface area contributed by atoms with Crippen LogP contribution in [0.15, 0.2) is 11.3 Å². The molecule has 0 bridgehead atoms. The first-order valence-corrected chi connectivity index (χ1v) is 22.6. The van der Waals surface area contributed by atoms with Crippen molar-refractivity contribution in [3.8, 4) is 0 Å². The minimum Gasteiger partial charge on any atom is -0.509 e. The fraction of sp³-hybridized carbons (Fsp3) is 0.750. The van der Waals surface area contributed by atoms with Gasteiger partial charge in [0.15, 0.2) is 5.57 Å². The van der Waals surface area contributed by atoms with E-state index in [0.29, 0.717) is 0 Å². The molecule has 1 aliphatic heterocycles. The molecule has 1 aliphatic rings. The lowest BCUT2D eigenvalue weighted by atomic mass is 10.0. The molecule has 0 fully saturated rings. The molecule has 24 nitrogen and oxygen atoms in total. The molecule has 0 saturated heterocycles. The number of aliphatic hydroxyl groups is 1. The number of carbonyl (C=O) groups is 10. The Labute approximate surface area is 426 Å². The number of rotatable bonds is 13. The van der Waals surface area contributed by atoms with Crippen LogP contribution in [0, 0.1) is 0 Å². The highest BCUT2D eigenvalue weighted by Gasteiger charge is 2.47. The fourth-order valence-electron chi connectivity index (χ4n) is 4.69. The van der Waals surface area contributed by atoms with Crippen molar-refractivity contribution >= 4 is 59.8 Å². The molecule has 0 aliphatic carbocycles. The quantitative estimate of drug-likeness (QED) is 0.0997. The van der Waals surface area contributed by atoms with Crippen LogP contribution >= 0.6 is 0 Å². The number of alkyl carbamates (subject to hydrolysis) is 1. The zero-order valence-corrected chi connectivity index (χ0v) is 47.8. The Hall–Kier alpha value is -6.20. The number of aliphatic hydroxyl groups excluding tert-OH is 1. The molecular weight excluding hydrogens is 951 g/mol. The molecular formula is C48H87N5O19. The van der Waals surface area contributed by atoms with E-state index >= 15 is 0 Å². The lowest BCUT2D eigenvalue weighted by Gasteiger charge is -2.34. The Morgan fingerprint density at radius 3 is 1.29 bits per heavy atom. The number of esters is 6. The van der Waals surface area contributed by atoms with Crippen LogP contribution < -0.4 is 10.6 Å². The van der Waals surface area contributed by atoms with Crippen LogP contribution in [0.4, 0.5) is 9.59 Å². The number of hydrogen-bond acceptors (Lipinski definition) is 20. The van der Waals surface area contributed by atoms with Crippen molar-refractivity contribution in [3.05, 3.63) is 11.3 Å². The summed E-state index contributed by atoms with van der Waals surface area (Å²) in [5, 5.41) is 15.0. The molecule has 0 saturated carbocycles. The van der Waals surface area contributed by atoms with Crippen molar-refractivity contribution in [2.24, 2.45) is 0 Å². The zero-order valence-electron chi connectivity index (χ0n) is 47.8. The maximum absolute atomic E-state index is 11.7. The standard InChI is InChI=1S/C11H19NO5.C11H21NO4.C10H15NO4.C10H19NO4.C6H13NO2/c1-6-17-9(14)7-8(13)12(4)11(2,3)10(15)16-5;1-10(2,3)16-9(14)12(6)11(4,5)8(13)15-7;1-5-15-9(14)6-7(12)10(2,3)11(4)8(6)13;1-9(2,3)15-8(13)11-10(4,5)7(12)14-6;1-6(2,7-3)5(8)9-4/h6-7H2,1-5H3;1-7H3;12H,5H2,1-4H3;1-6H3,(H,11,13);7H,1-4H3. The topological polar surface area (TPSA) is 299 Å². The number of carbonyl (C=O) groups excluding carboxylic acids is 10. The Morgan fingerprint density at radius 2 is 0.986 bits per heavy atom. The number of nitrogens with zero attached hydrogens (tertiary/aromatic N) is 3. The molecule has 0 aromatic heterocycles. The van der Waals surface area contributed by atoms with Gasteiger partial charge in [-0.25, -0.2) is 28.8 Å². The second-order valence-electron chi connectivity index (χ2n) is 20.1. The van der Waals surface area contributed by atoms with Crippen molar-refractivity contribution in [2.75, 3.05) is 69.8 Å². The predicted octanol–water partition coefficient (Wildman–Crippen LogP) is 4.39. The summed E-state index contributed by atoms with van der Waals surface area (Å²) >= 11 is 0. The average molecular weight is 1040 g/mol. The summed E-state index contributed by atoms with van der Waals surface area (Å²) in [6.07, 6.45) is -1.58. The van der Waals surface area contributed by atoms with Crippen LogP contribution in [-0.2, 0) is 76.3 Å². The third-order valence-electron chi connectivity index (χ3n) is 10.2. The molecule has 1 heterocycles. The van der Waals surface area contributed by atoms with E-state index in [1.165, 1.54) is 64.3 Å². The zero-order chi connectivity index (χ0) is 58.4. The van der Waals surface area contributed by atoms with Gasteiger partial charge >= 0.3 is 48.0 Å². The normalized spacial score (nSPS) is 13.1. The van der Waals surface area contributed by atoms with E-state index in [4.69, 9.17) is 14.2 Å². The molecule has 72 heavy (non-hydrogen) atoms. The van der Waals surface area contributed by atoms with E-state index in [2.05, 4.69) is 34.3 Å².